The molecule has 2 nitrogen and oxygen atoms in total. The highest BCUT2D eigenvalue weighted by Crippen LogP contribution is 2.19. The third kappa shape index (κ3) is 1.93. The average molecular weight is 200 g/mol. The lowest BCUT2D eigenvalue weighted by atomic mass is 10.2. The first-order chi connectivity index (χ1) is 6.88. The summed E-state index contributed by atoms with van der Waals surface area (Å²) < 4.78 is 0. The molecule has 0 saturated heterocycles. The highest BCUT2D eigenvalue weighted by Gasteiger charge is 1.95. The SMILES string of the molecule is N#Cc1cccc(Nc2ccsc2)c1. The van der Waals surface area contributed by atoms with E-state index < -0.39 is 0 Å². The topological polar surface area (TPSA) is 35.8 Å². The van der Waals surface area contributed by atoms with Crippen LogP contribution in [-0.4, -0.2) is 0 Å². The predicted molar refractivity (Wildman–Crippen MR) is 58.8 cm³/mol. The summed E-state index contributed by atoms with van der Waals surface area (Å²) in [5.41, 5.74) is 2.68. The molecule has 0 aliphatic carbocycles. The fourth-order valence-corrected chi connectivity index (χ4v) is 1.76. The molecule has 1 N–H and O–H groups in total. The molecular formula is C11H8N2S. The summed E-state index contributed by atoms with van der Waals surface area (Å²) in [7, 11) is 0. The van der Waals surface area contributed by atoms with E-state index in [2.05, 4.69) is 11.4 Å². The van der Waals surface area contributed by atoms with Crippen molar-refractivity contribution in [3.8, 4) is 6.07 Å². The summed E-state index contributed by atoms with van der Waals surface area (Å²) >= 11 is 1.64. The van der Waals surface area contributed by atoms with Gasteiger partial charge in [0, 0.05) is 16.8 Å². The number of hydrogen-bond acceptors (Lipinski definition) is 3. The zero-order chi connectivity index (χ0) is 9.80. The maximum absolute atomic E-state index is 8.71. The van der Waals surface area contributed by atoms with E-state index in [4.69, 9.17) is 5.26 Å². The summed E-state index contributed by atoms with van der Waals surface area (Å²) in [6.45, 7) is 0. The molecule has 1 aromatic carbocycles. The van der Waals surface area contributed by atoms with Gasteiger partial charge in [-0.3, -0.25) is 0 Å². The molecule has 14 heavy (non-hydrogen) atoms. The van der Waals surface area contributed by atoms with Gasteiger partial charge in [-0.1, -0.05) is 6.07 Å². The van der Waals surface area contributed by atoms with Crippen LogP contribution >= 0.6 is 11.3 Å². The largest absolute Gasteiger partial charge is 0.355 e. The molecule has 0 aliphatic heterocycles. The van der Waals surface area contributed by atoms with Crippen molar-refractivity contribution in [2.45, 2.75) is 0 Å². The van der Waals surface area contributed by atoms with Crippen molar-refractivity contribution in [2.75, 3.05) is 5.32 Å². The van der Waals surface area contributed by atoms with Crippen LogP contribution in [-0.2, 0) is 0 Å². The van der Waals surface area contributed by atoms with Crippen molar-refractivity contribution in [1.29, 1.82) is 5.26 Å². The van der Waals surface area contributed by atoms with Gasteiger partial charge in [-0.15, -0.1) is 0 Å². The quantitative estimate of drug-likeness (QED) is 0.806. The van der Waals surface area contributed by atoms with Crippen LogP contribution < -0.4 is 5.32 Å². The third-order valence-electron chi connectivity index (χ3n) is 1.80. The van der Waals surface area contributed by atoms with Gasteiger partial charge in [-0.2, -0.15) is 16.6 Å². The lowest BCUT2D eigenvalue weighted by Crippen LogP contribution is -1.87. The first kappa shape index (κ1) is 8.79. The molecule has 1 heterocycles. The van der Waals surface area contributed by atoms with Crippen LogP contribution in [0.2, 0.25) is 0 Å². The van der Waals surface area contributed by atoms with Gasteiger partial charge in [-0.05, 0) is 29.6 Å². The summed E-state index contributed by atoms with van der Waals surface area (Å²) in [6.07, 6.45) is 0. The molecule has 1 aromatic heterocycles. The Bertz CT molecular complexity index is 454. The Balaban J connectivity index is 2.22. The van der Waals surface area contributed by atoms with E-state index in [1.54, 1.807) is 17.4 Å². The predicted octanol–water partition coefficient (Wildman–Crippen LogP) is 3.36. The number of nitriles is 1. The monoisotopic (exact) mass is 200 g/mol. The number of thiophene rings is 1. The molecular weight excluding hydrogens is 192 g/mol. The van der Waals surface area contributed by atoms with Crippen LogP contribution in [0.25, 0.3) is 0 Å². The van der Waals surface area contributed by atoms with Crippen LogP contribution in [0.1, 0.15) is 5.56 Å². The minimum absolute atomic E-state index is 0.672. The van der Waals surface area contributed by atoms with Crippen LogP contribution in [0.3, 0.4) is 0 Å². The average Bonchev–Trinajstić information content (AvgIpc) is 2.71. The van der Waals surface area contributed by atoms with E-state index in [0.29, 0.717) is 5.56 Å². The molecule has 2 aromatic rings. The number of nitrogens with one attached hydrogen (secondary N) is 1. The number of anilines is 2. The zero-order valence-electron chi connectivity index (χ0n) is 7.40. The van der Waals surface area contributed by atoms with Crippen LogP contribution in [0.4, 0.5) is 11.4 Å². The Morgan fingerprint density at radius 1 is 1.21 bits per heavy atom. The van der Waals surface area contributed by atoms with E-state index in [9.17, 15) is 0 Å². The van der Waals surface area contributed by atoms with Crippen molar-refractivity contribution >= 4 is 22.7 Å². The molecule has 0 bridgehead atoms. The lowest BCUT2D eigenvalue weighted by molar-refractivity contribution is 1.48. The Labute approximate surface area is 86.4 Å². The number of nitrogens with zero attached hydrogens (tertiary/aromatic N) is 1. The second kappa shape index (κ2) is 3.95. The first-order valence-electron chi connectivity index (χ1n) is 4.18. The Hall–Kier alpha value is -1.79. The molecule has 0 spiro atoms. The van der Waals surface area contributed by atoms with Crippen molar-refractivity contribution < 1.29 is 0 Å². The molecule has 0 amide bonds. The highest BCUT2D eigenvalue weighted by molar-refractivity contribution is 7.08. The van der Waals surface area contributed by atoms with Crippen LogP contribution in [0.5, 0.6) is 0 Å². The molecule has 68 valence electrons. The molecule has 0 atom stereocenters. The molecule has 0 unspecified atom stereocenters. The third-order valence-corrected chi connectivity index (χ3v) is 2.48. The lowest BCUT2D eigenvalue weighted by Gasteiger charge is -2.02. The van der Waals surface area contributed by atoms with E-state index in [1.807, 2.05) is 35.0 Å². The first-order valence-corrected chi connectivity index (χ1v) is 5.12. The van der Waals surface area contributed by atoms with Crippen LogP contribution in [0, 0.1) is 11.3 Å². The van der Waals surface area contributed by atoms with E-state index in [0.717, 1.165) is 11.4 Å². The fraction of sp³-hybridized carbons (Fsp3) is 0. The number of rotatable bonds is 2. The van der Waals surface area contributed by atoms with Crippen LogP contribution in [0.15, 0.2) is 41.1 Å². The standard InChI is InChI=1S/C11H8N2S/c12-7-9-2-1-3-10(6-9)13-11-4-5-14-8-11/h1-6,8,13H. The Kier molecular flexibility index (Phi) is 2.48. The van der Waals surface area contributed by atoms with Crippen molar-refractivity contribution in [2.24, 2.45) is 0 Å². The van der Waals surface area contributed by atoms with Gasteiger partial charge in [0.15, 0.2) is 0 Å². The van der Waals surface area contributed by atoms with E-state index in [-0.39, 0.29) is 0 Å². The Morgan fingerprint density at radius 3 is 2.86 bits per heavy atom. The number of benzene rings is 1. The van der Waals surface area contributed by atoms with Gasteiger partial charge in [0.25, 0.3) is 0 Å². The molecule has 0 radical (unpaired) electrons. The minimum Gasteiger partial charge on any atom is -0.355 e. The highest BCUT2D eigenvalue weighted by atomic mass is 32.1. The summed E-state index contributed by atoms with van der Waals surface area (Å²) in [4.78, 5) is 0. The van der Waals surface area contributed by atoms with Gasteiger partial charge in [0.05, 0.1) is 11.6 Å². The summed E-state index contributed by atoms with van der Waals surface area (Å²) in [6, 6.07) is 11.5. The zero-order valence-corrected chi connectivity index (χ0v) is 8.21. The molecule has 0 aliphatic rings. The second-order valence-electron chi connectivity index (χ2n) is 2.83. The van der Waals surface area contributed by atoms with E-state index in [1.165, 1.54) is 0 Å². The molecule has 0 saturated carbocycles. The van der Waals surface area contributed by atoms with Gasteiger partial charge >= 0.3 is 0 Å². The molecule has 0 fully saturated rings. The molecule has 3 heteroatoms. The fourth-order valence-electron chi connectivity index (χ4n) is 1.17. The summed E-state index contributed by atoms with van der Waals surface area (Å²) in [5, 5.41) is 16.0. The van der Waals surface area contributed by atoms with Crippen molar-refractivity contribution in [1.82, 2.24) is 0 Å². The van der Waals surface area contributed by atoms with Gasteiger partial charge in [0.2, 0.25) is 0 Å². The normalized spacial score (nSPS) is 9.36. The van der Waals surface area contributed by atoms with Crippen molar-refractivity contribution in [3.63, 3.8) is 0 Å². The van der Waals surface area contributed by atoms with Crippen molar-refractivity contribution in [3.05, 3.63) is 46.7 Å². The second-order valence-corrected chi connectivity index (χ2v) is 3.61. The maximum Gasteiger partial charge on any atom is 0.0992 e. The van der Waals surface area contributed by atoms with Gasteiger partial charge in [-0.25, -0.2) is 0 Å². The summed E-state index contributed by atoms with van der Waals surface area (Å²) in [5.74, 6) is 0. The van der Waals surface area contributed by atoms with Gasteiger partial charge < -0.3 is 5.32 Å². The Morgan fingerprint density at radius 2 is 2.14 bits per heavy atom. The number of hydrogen-bond donors (Lipinski definition) is 1. The smallest absolute Gasteiger partial charge is 0.0992 e. The van der Waals surface area contributed by atoms with Gasteiger partial charge in [0.1, 0.15) is 0 Å². The van der Waals surface area contributed by atoms with E-state index >= 15 is 0 Å². The minimum atomic E-state index is 0.672. The molecule has 2 rings (SSSR count). The maximum atomic E-state index is 8.71.